The van der Waals surface area contributed by atoms with E-state index in [1.807, 2.05) is 6.07 Å². The zero-order valence-electron chi connectivity index (χ0n) is 14.3. The van der Waals surface area contributed by atoms with Crippen molar-refractivity contribution in [1.29, 1.82) is 0 Å². The molecule has 5 heteroatoms. The van der Waals surface area contributed by atoms with Crippen LogP contribution in [0.15, 0.2) is 36.4 Å². The molecule has 2 atom stereocenters. The Bertz CT molecular complexity index is 1090. The lowest BCUT2D eigenvalue weighted by molar-refractivity contribution is -0.117. The Morgan fingerprint density at radius 2 is 2.15 bits per heavy atom. The highest BCUT2D eigenvalue weighted by Crippen LogP contribution is 2.38. The van der Waals surface area contributed by atoms with Gasteiger partial charge in [0.2, 0.25) is 5.91 Å². The SMILES string of the molecule is Cc1ccc2c(c1-c1ccc3sc(NC(=O)[C@@H]4C[C@@H]4F)nc3c1)C=CC2. The van der Waals surface area contributed by atoms with Gasteiger partial charge in [0, 0.05) is 0 Å². The van der Waals surface area contributed by atoms with Crippen LogP contribution in [0.5, 0.6) is 0 Å². The molecule has 0 bridgehead atoms. The molecule has 3 nitrogen and oxygen atoms in total. The van der Waals surface area contributed by atoms with Crippen molar-refractivity contribution in [2.45, 2.75) is 25.9 Å². The summed E-state index contributed by atoms with van der Waals surface area (Å²) in [6, 6.07) is 10.6. The van der Waals surface area contributed by atoms with E-state index in [0.29, 0.717) is 11.6 Å². The van der Waals surface area contributed by atoms with E-state index in [0.717, 1.165) is 22.2 Å². The summed E-state index contributed by atoms with van der Waals surface area (Å²) in [6.07, 6.45) is 4.70. The van der Waals surface area contributed by atoms with Crippen LogP contribution in [-0.4, -0.2) is 17.1 Å². The summed E-state index contributed by atoms with van der Waals surface area (Å²) in [6.45, 7) is 2.13. The van der Waals surface area contributed by atoms with Crippen molar-refractivity contribution in [2.24, 2.45) is 5.92 Å². The number of rotatable bonds is 3. The average molecular weight is 364 g/mol. The molecule has 1 amide bonds. The number of benzene rings is 2. The number of nitrogens with one attached hydrogen (secondary N) is 1. The number of hydrogen-bond donors (Lipinski definition) is 1. The average Bonchev–Trinajstić information content (AvgIpc) is 3.02. The number of hydrogen-bond acceptors (Lipinski definition) is 3. The van der Waals surface area contributed by atoms with Gasteiger partial charge >= 0.3 is 0 Å². The molecule has 2 aromatic carbocycles. The van der Waals surface area contributed by atoms with Gasteiger partial charge < -0.3 is 5.32 Å². The third-order valence-corrected chi connectivity index (χ3v) is 6.07. The predicted octanol–water partition coefficient (Wildman–Crippen LogP) is 5.14. The van der Waals surface area contributed by atoms with Crippen molar-refractivity contribution in [3.63, 3.8) is 0 Å². The van der Waals surface area contributed by atoms with E-state index in [4.69, 9.17) is 0 Å². The second kappa shape index (κ2) is 5.74. The molecule has 0 aliphatic heterocycles. The van der Waals surface area contributed by atoms with Crippen LogP contribution >= 0.6 is 11.3 Å². The molecule has 1 N–H and O–H groups in total. The Hall–Kier alpha value is -2.53. The molecule has 5 rings (SSSR count). The minimum Gasteiger partial charge on any atom is -0.302 e. The Balaban J connectivity index is 1.52. The van der Waals surface area contributed by atoms with Gasteiger partial charge in [-0.3, -0.25) is 4.79 Å². The van der Waals surface area contributed by atoms with Crippen LogP contribution in [-0.2, 0) is 11.2 Å². The monoisotopic (exact) mass is 364 g/mol. The van der Waals surface area contributed by atoms with E-state index < -0.39 is 12.1 Å². The number of thiazole rings is 1. The number of anilines is 1. The number of aromatic nitrogens is 1. The number of aryl methyl sites for hydroxylation is 1. The molecule has 1 aromatic heterocycles. The maximum atomic E-state index is 13.0. The van der Waals surface area contributed by atoms with E-state index >= 15 is 0 Å². The zero-order valence-corrected chi connectivity index (χ0v) is 15.1. The number of carbonyl (C=O) groups is 1. The van der Waals surface area contributed by atoms with Gasteiger partial charge in [-0.1, -0.05) is 41.7 Å². The lowest BCUT2D eigenvalue weighted by atomic mass is 9.93. The number of allylic oxidation sites excluding steroid dienone is 1. The number of nitrogens with zero attached hydrogens (tertiary/aromatic N) is 1. The smallest absolute Gasteiger partial charge is 0.232 e. The third-order valence-electron chi connectivity index (χ3n) is 5.12. The maximum absolute atomic E-state index is 13.0. The summed E-state index contributed by atoms with van der Waals surface area (Å²) in [5.74, 6) is -0.766. The number of fused-ring (bicyclic) bond motifs is 2. The fourth-order valence-corrected chi connectivity index (χ4v) is 4.45. The third kappa shape index (κ3) is 2.54. The van der Waals surface area contributed by atoms with Crippen molar-refractivity contribution in [2.75, 3.05) is 5.32 Å². The predicted molar refractivity (Wildman–Crippen MR) is 104 cm³/mol. The first kappa shape index (κ1) is 15.7. The van der Waals surface area contributed by atoms with E-state index in [9.17, 15) is 9.18 Å². The minimum atomic E-state index is -0.993. The molecule has 26 heavy (non-hydrogen) atoms. The van der Waals surface area contributed by atoms with Gasteiger partial charge in [-0.25, -0.2) is 9.37 Å². The van der Waals surface area contributed by atoms with Crippen LogP contribution in [0.25, 0.3) is 27.4 Å². The van der Waals surface area contributed by atoms with Crippen LogP contribution in [0.3, 0.4) is 0 Å². The van der Waals surface area contributed by atoms with Crippen molar-refractivity contribution >= 4 is 38.7 Å². The number of alkyl halides is 1. The van der Waals surface area contributed by atoms with E-state index in [1.165, 1.54) is 33.6 Å². The molecule has 2 aliphatic rings. The van der Waals surface area contributed by atoms with Gasteiger partial charge in [-0.05, 0) is 59.7 Å². The summed E-state index contributed by atoms with van der Waals surface area (Å²) in [7, 11) is 0. The summed E-state index contributed by atoms with van der Waals surface area (Å²) < 4.78 is 14.0. The first-order valence-corrected chi connectivity index (χ1v) is 9.57. The minimum absolute atomic E-state index is 0.265. The molecule has 1 saturated carbocycles. The molecule has 0 unspecified atom stereocenters. The van der Waals surface area contributed by atoms with Gasteiger partial charge in [-0.2, -0.15) is 0 Å². The van der Waals surface area contributed by atoms with Gasteiger partial charge in [0.1, 0.15) is 6.17 Å². The number of amides is 1. The van der Waals surface area contributed by atoms with Crippen molar-refractivity contribution < 1.29 is 9.18 Å². The normalized spacial score (nSPS) is 20.4. The second-order valence-electron chi connectivity index (χ2n) is 6.99. The molecular formula is C21H17FN2OS. The topological polar surface area (TPSA) is 42.0 Å². The van der Waals surface area contributed by atoms with Gasteiger partial charge in [0.25, 0.3) is 0 Å². The van der Waals surface area contributed by atoms with Crippen LogP contribution in [0.4, 0.5) is 9.52 Å². The fraction of sp³-hybridized carbons (Fsp3) is 0.238. The molecule has 130 valence electrons. The van der Waals surface area contributed by atoms with Crippen LogP contribution in [0.1, 0.15) is 23.1 Å². The van der Waals surface area contributed by atoms with Gasteiger partial charge in [-0.15, -0.1) is 0 Å². The Morgan fingerprint density at radius 1 is 1.31 bits per heavy atom. The molecule has 1 fully saturated rings. The van der Waals surface area contributed by atoms with E-state index in [2.05, 4.69) is 53.6 Å². The first-order chi connectivity index (χ1) is 12.6. The Morgan fingerprint density at radius 3 is 2.96 bits per heavy atom. The van der Waals surface area contributed by atoms with Crippen LogP contribution < -0.4 is 5.32 Å². The standard InChI is InChI=1S/C21H17FN2OS/c1-11-5-6-12-3-2-4-14(12)19(11)13-7-8-18-17(9-13)23-21(26-18)24-20(25)15-10-16(15)22/h2,4-9,15-16H,3,10H2,1H3,(H,23,24,25)/t15-,16+/m1/s1. The molecule has 1 heterocycles. The summed E-state index contributed by atoms with van der Waals surface area (Å²) in [5.41, 5.74) is 7.11. The van der Waals surface area contributed by atoms with Crippen LogP contribution in [0, 0.1) is 12.8 Å². The number of halogens is 1. The highest BCUT2D eigenvalue weighted by Gasteiger charge is 2.43. The van der Waals surface area contributed by atoms with Gasteiger partial charge in [0.05, 0.1) is 16.1 Å². The summed E-state index contributed by atoms with van der Waals surface area (Å²) in [5, 5.41) is 3.29. The van der Waals surface area contributed by atoms with Crippen LogP contribution in [0.2, 0.25) is 0 Å². The highest BCUT2D eigenvalue weighted by atomic mass is 32.1. The Kier molecular flexibility index (Phi) is 3.47. The first-order valence-electron chi connectivity index (χ1n) is 8.75. The van der Waals surface area contributed by atoms with Crippen molar-refractivity contribution in [1.82, 2.24) is 4.98 Å². The lowest BCUT2D eigenvalue weighted by Crippen LogP contribution is -2.14. The van der Waals surface area contributed by atoms with E-state index in [1.54, 1.807) is 0 Å². The quantitative estimate of drug-likeness (QED) is 0.699. The fourth-order valence-electron chi connectivity index (χ4n) is 3.60. The molecule has 0 saturated heterocycles. The zero-order chi connectivity index (χ0) is 17.8. The lowest BCUT2D eigenvalue weighted by Gasteiger charge is -2.12. The molecule has 3 aromatic rings. The molecule has 2 aliphatic carbocycles. The maximum Gasteiger partial charge on any atom is 0.232 e. The molecular weight excluding hydrogens is 347 g/mol. The van der Waals surface area contributed by atoms with E-state index in [-0.39, 0.29) is 5.91 Å². The van der Waals surface area contributed by atoms with Crippen molar-refractivity contribution in [3.05, 3.63) is 53.1 Å². The second-order valence-corrected chi connectivity index (χ2v) is 8.02. The molecule has 0 radical (unpaired) electrons. The summed E-state index contributed by atoms with van der Waals surface area (Å²) >= 11 is 1.43. The molecule has 0 spiro atoms. The summed E-state index contributed by atoms with van der Waals surface area (Å²) in [4.78, 5) is 16.5. The van der Waals surface area contributed by atoms with Crippen molar-refractivity contribution in [3.8, 4) is 11.1 Å². The Labute approximate surface area is 154 Å². The highest BCUT2D eigenvalue weighted by molar-refractivity contribution is 7.22. The largest absolute Gasteiger partial charge is 0.302 e. The van der Waals surface area contributed by atoms with Gasteiger partial charge in [0.15, 0.2) is 5.13 Å². The number of carbonyl (C=O) groups excluding carboxylic acids is 1.